The van der Waals surface area contributed by atoms with E-state index in [0.717, 1.165) is 22.9 Å². The lowest BCUT2D eigenvalue weighted by molar-refractivity contribution is 0.164. The van der Waals surface area contributed by atoms with Crippen LogP contribution in [0.2, 0.25) is 0 Å². The molecule has 0 radical (unpaired) electrons. The SMILES string of the molecule is c1ccc2nc3c(nc2c1)C1CC2CC(C1)CC3C2. The topological polar surface area (TPSA) is 25.8 Å². The van der Waals surface area contributed by atoms with Crippen LogP contribution in [0, 0.1) is 11.8 Å². The van der Waals surface area contributed by atoms with Crippen molar-refractivity contribution in [2.24, 2.45) is 11.8 Å². The van der Waals surface area contributed by atoms with Gasteiger partial charge >= 0.3 is 0 Å². The lowest BCUT2D eigenvalue weighted by Gasteiger charge is -2.38. The fourth-order valence-corrected chi connectivity index (χ4v) is 4.93. The number of fused-ring (bicyclic) bond motifs is 1. The Morgan fingerprint density at radius 1 is 0.684 bits per heavy atom. The van der Waals surface area contributed by atoms with Gasteiger partial charge < -0.3 is 0 Å². The normalized spacial score (nSPS) is 35.4. The van der Waals surface area contributed by atoms with E-state index in [1.165, 1.54) is 43.5 Å². The number of para-hydroxylation sites is 2. The summed E-state index contributed by atoms with van der Waals surface area (Å²) >= 11 is 0. The predicted octanol–water partition coefficient (Wildman–Crippen LogP) is 4.02. The molecule has 0 amide bonds. The van der Waals surface area contributed by atoms with Gasteiger partial charge in [0.25, 0.3) is 0 Å². The van der Waals surface area contributed by atoms with Crippen molar-refractivity contribution in [2.45, 2.75) is 43.9 Å². The fraction of sp³-hybridized carbons (Fsp3) is 0.529. The molecule has 1 aromatic heterocycles. The molecule has 0 aliphatic heterocycles. The molecule has 2 nitrogen and oxygen atoms in total. The molecule has 0 unspecified atom stereocenters. The molecular weight excluding hydrogens is 232 g/mol. The minimum atomic E-state index is 0.698. The summed E-state index contributed by atoms with van der Waals surface area (Å²) in [5, 5.41) is 0. The highest BCUT2D eigenvalue weighted by molar-refractivity contribution is 5.74. The van der Waals surface area contributed by atoms with E-state index in [-0.39, 0.29) is 0 Å². The Kier molecular flexibility index (Phi) is 1.94. The number of nitrogens with zero attached hydrogens (tertiary/aromatic N) is 2. The van der Waals surface area contributed by atoms with Crippen molar-refractivity contribution in [3.8, 4) is 0 Å². The van der Waals surface area contributed by atoms with Crippen LogP contribution >= 0.6 is 0 Å². The molecule has 2 aromatic rings. The van der Waals surface area contributed by atoms with Gasteiger partial charge in [0.05, 0.1) is 22.4 Å². The minimum absolute atomic E-state index is 0.698. The number of hydrogen-bond acceptors (Lipinski definition) is 2. The Balaban J connectivity index is 1.79. The molecule has 1 heterocycles. The fourth-order valence-electron chi connectivity index (χ4n) is 4.93. The molecule has 0 N–H and O–H groups in total. The Labute approximate surface area is 113 Å². The summed E-state index contributed by atoms with van der Waals surface area (Å²) in [6.45, 7) is 0. The van der Waals surface area contributed by atoms with Gasteiger partial charge in [-0.1, -0.05) is 12.1 Å². The van der Waals surface area contributed by atoms with Gasteiger partial charge in [0, 0.05) is 11.8 Å². The van der Waals surface area contributed by atoms with Crippen molar-refractivity contribution in [1.82, 2.24) is 9.97 Å². The zero-order valence-corrected chi connectivity index (χ0v) is 11.0. The Morgan fingerprint density at radius 2 is 1.16 bits per heavy atom. The first-order valence-corrected chi connectivity index (χ1v) is 7.63. The maximum Gasteiger partial charge on any atom is 0.0890 e. The highest BCUT2D eigenvalue weighted by atomic mass is 14.9. The molecule has 96 valence electrons. The van der Waals surface area contributed by atoms with E-state index < -0.39 is 0 Å². The van der Waals surface area contributed by atoms with E-state index in [2.05, 4.69) is 24.3 Å². The zero-order valence-electron chi connectivity index (χ0n) is 11.0. The molecule has 0 spiro atoms. The molecule has 0 atom stereocenters. The summed E-state index contributed by atoms with van der Waals surface area (Å²) in [5.41, 5.74) is 4.88. The molecule has 19 heavy (non-hydrogen) atoms. The molecule has 2 heteroatoms. The molecule has 0 saturated heterocycles. The number of hydrogen-bond donors (Lipinski definition) is 0. The number of benzene rings is 1. The van der Waals surface area contributed by atoms with Gasteiger partial charge in [0.1, 0.15) is 0 Å². The Morgan fingerprint density at radius 3 is 1.63 bits per heavy atom. The van der Waals surface area contributed by atoms with Crippen LogP contribution in [0.1, 0.15) is 55.3 Å². The summed E-state index contributed by atoms with van der Waals surface area (Å²) in [5.74, 6) is 3.29. The average molecular weight is 250 g/mol. The van der Waals surface area contributed by atoms with Crippen molar-refractivity contribution >= 4 is 11.0 Å². The lowest BCUT2D eigenvalue weighted by Crippen LogP contribution is -2.25. The molecule has 1 aromatic carbocycles. The third-order valence-corrected chi connectivity index (χ3v) is 5.54. The molecule has 4 aliphatic carbocycles. The molecular formula is C17H18N2. The molecule has 4 bridgehead atoms. The van der Waals surface area contributed by atoms with Crippen LogP contribution in [0.5, 0.6) is 0 Å². The smallest absolute Gasteiger partial charge is 0.0890 e. The predicted molar refractivity (Wildman–Crippen MR) is 75.1 cm³/mol. The summed E-state index contributed by atoms with van der Waals surface area (Å²) in [6.07, 6.45) is 6.95. The van der Waals surface area contributed by atoms with Crippen LogP contribution in [0.4, 0.5) is 0 Å². The number of aromatic nitrogens is 2. The van der Waals surface area contributed by atoms with Crippen molar-refractivity contribution < 1.29 is 0 Å². The standard InChI is InChI=1S/C17H18N2/c1-2-4-15-14(3-1)18-16-12-6-10-5-11(7-12)9-13(8-10)17(16)19-15/h1-4,10-13H,5-9H2. The largest absolute Gasteiger partial charge is 0.249 e. The summed E-state index contributed by atoms with van der Waals surface area (Å²) in [6, 6.07) is 8.36. The van der Waals surface area contributed by atoms with E-state index in [0.29, 0.717) is 11.8 Å². The second-order valence-electron chi connectivity index (χ2n) is 6.79. The quantitative estimate of drug-likeness (QED) is 0.705. The van der Waals surface area contributed by atoms with Crippen LogP contribution in [0.25, 0.3) is 11.0 Å². The van der Waals surface area contributed by atoms with E-state index in [1.54, 1.807) is 0 Å². The van der Waals surface area contributed by atoms with Crippen molar-refractivity contribution in [3.05, 3.63) is 35.7 Å². The Hall–Kier alpha value is -1.44. The van der Waals surface area contributed by atoms with Gasteiger partial charge in [0.2, 0.25) is 0 Å². The average Bonchev–Trinajstić information content (AvgIpc) is 2.59. The molecule has 2 fully saturated rings. The van der Waals surface area contributed by atoms with Crippen LogP contribution < -0.4 is 0 Å². The highest BCUT2D eigenvalue weighted by Gasteiger charge is 2.43. The van der Waals surface area contributed by atoms with Gasteiger partial charge in [-0.3, -0.25) is 0 Å². The van der Waals surface area contributed by atoms with Crippen LogP contribution in [-0.2, 0) is 0 Å². The first kappa shape index (κ1) is 10.4. The van der Waals surface area contributed by atoms with Crippen LogP contribution in [-0.4, -0.2) is 9.97 Å². The minimum Gasteiger partial charge on any atom is -0.249 e. The van der Waals surface area contributed by atoms with Gasteiger partial charge in [-0.25, -0.2) is 9.97 Å². The maximum absolute atomic E-state index is 5.01. The van der Waals surface area contributed by atoms with E-state index in [1.807, 2.05) is 0 Å². The second kappa shape index (κ2) is 3.56. The third-order valence-electron chi connectivity index (χ3n) is 5.54. The second-order valence-corrected chi connectivity index (χ2v) is 6.79. The molecule has 4 aliphatic rings. The van der Waals surface area contributed by atoms with Crippen molar-refractivity contribution in [2.75, 3.05) is 0 Å². The van der Waals surface area contributed by atoms with Crippen LogP contribution in [0.3, 0.4) is 0 Å². The van der Waals surface area contributed by atoms with Gasteiger partial charge in [-0.05, 0) is 56.1 Å². The van der Waals surface area contributed by atoms with E-state index in [9.17, 15) is 0 Å². The van der Waals surface area contributed by atoms with E-state index in [4.69, 9.17) is 9.97 Å². The Bertz CT molecular complexity index is 595. The number of rotatable bonds is 0. The first-order chi connectivity index (χ1) is 9.37. The van der Waals surface area contributed by atoms with Gasteiger partial charge in [0.15, 0.2) is 0 Å². The van der Waals surface area contributed by atoms with E-state index >= 15 is 0 Å². The molecule has 6 rings (SSSR count). The summed E-state index contributed by atoms with van der Waals surface area (Å²) in [4.78, 5) is 10.0. The zero-order chi connectivity index (χ0) is 12.4. The van der Waals surface area contributed by atoms with Crippen molar-refractivity contribution in [1.29, 1.82) is 0 Å². The molecule has 2 saturated carbocycles. The van der Waals surface area contributed by atoms with Crippen molar-refractivity contribution in [3.63, 3.8) is 0 Å². The third kappa shape index (κ3) is 1.43. The summed E-state index contributed by atoms with van der Waals surface area (Å²) < 4.78 is 0. The summed E-state index contributed by atoms with van der Waals surface area (Å²) in [7, 11) is 0. The lowest BCUT2D eigenvalue weighted by atomic mass is 9.67. The first-order valence-electron chi connectivity index (χ1n) is 7.63. The highest BCUT2D eigenvalue weighted by Crippen LogP contribution is 2.55. The monoisotopic (exact) mass is 250 g/mol. The van der Waals surface area contributed by atoms with Gasteiger partial charge in [-0.15, -0.1) is 0 Å². The van der Waals surface area contributed by atoms with Crippen LogP contribution in [0.15, 0.2) is 24.3 Å². The van der Waals surface area contributed by atoms with Gasteiger partial charge in [-0.2, -0.15) is 0 Å². The maximum atomic E-state index is 5.01.